The van der Waals surface area contributed by atoms with Gasteiger partial charge in [0, 0.05) is 25.3 Å². The van der Waals surface area contributed by atoms with Crippen LogP contribution in [0.5, 0.6) is 11.5 Å². The Hall–Kier alpha value is -3.53. The molecule has 0 spiro atoms. The molecular formula is C22H22F2N2O6. The minimum atomic E-state index is -1.09. The number of amides is 2. The number of halogens is 2. The maximum absolute atomic E-state index is 13.3. The highest BCUT2D eigenvalue weighted by molar-refractivity contribution is 6.05. The van der Waals surface area contributed by atoms with Gasteiger partial charge in [0.1, 0.15) is 17.5 Å². The fourth-order valence-corrected chi connectivity index (χ4v) is 3.11. The molecule has 0 aliphatic carbocycles. The van der Waals surface area contributed by atoms with Gasteiger partial charge in [-0.3, -0.25) is 19.3 Å². The van der Waals surface area contributed by atoms with Crippen LogP contribution in [0, 0.1) is 11.6 Å². The molecule has 0 aromatic heterocycles. The lowest BCUT2D eigenvalue weighted by molar-refractivity contribution is -0.127. The monoisotopic (exact) mass is 448 g/mol. The molecule has 0 bridgehead atoms. The number of ketones is 1. The van der Waals surface area contributed by atoms with Gasteiger partial charge in [0.05, 0.1) is 12.3 Å². The highest BCUT2D eigenvalue weighted by Crippen LogP contribution is 2.34. The van der Waals surface area contributed by atoms with Crippen LogP contribution in [-0.2, 0) is 14.3 Å². The molecule has 0 radical (unpaired) electrons. The number of rotatable bonds is 9. The van der Waals surface area contributed by atoms with Crippen LogP contribution in [0.25, 0.3) is 0 Å². The van der Waals surface area contributed by atoms with Crippen molar-refractivity contribution in [2.24, 2.45) is 0 Å². The lowest BCUT2D eigenvalue weighted by atomic mass is 10.1. The molecule has 170 valence electrons. The molecular weight excluding hydrogens is 426 g/mol. The molecule has 1 N–H and O–H groups in total. The molecule has 2 aromatic carbocycles. The average molecular weight is 448 g/mol. The summed E-state index contributed by atoms with van der Waals surface area (Å²) in [6, 6.07) is 6.54. The highest BCUT2D eigenvalue weighted by atomic mass is 19.2. The number of methoxy groups -OCH3 is 1. The van der Waals surface area contributed by atoms with Gasteiger partial charge in [-0.2, -0.15) is 0 Å². The molecule has 10 heteroatoms. The minimum Gasteiger partial charge on any atom is -0.485 e. The molecule has 3 rings (SSSR count). The van der Waals surface area contributed by atoms with Crippen molar-refractivity contribution in [1.29, 1.82) is 0 Å². The second-order valence-corrected chi connectivity index (χ2v) is 6.98. The smallest absolute Gasteiger partial charge is 0.265 e. The number of ether oxygens (including phenoxy) is 3. The van der Waals surface area contributed by atoms with Crippen LogP contribution in [0.15, 0.2) is 36.4 Å². The van der Waals surface area contributed by atoms with Crippen molar-refractivity contribution in [2.75, 3.05) is 38.4 Å². The first-order chi connectivity index (χ1) is 15.3. The first kappa shape index (κ1) is 23.1. The van der Waals surface area contributed by atoms with Gasteiger partial charge in [-0.25, -0.2) is 8.78 Å². The predicted octanol–water partition coefficient (Wildman–Crippen LogP) is 2.10. The van der Waals surface area contributed by atoms with Gasteiger partial charge >= 0.3 is 0 Å². The standard InChI is InChI=1S/C22H22F2N2O6/c1-13(22(29)25-7-8-30-2)26-18-9-14(3-6-20(18)32-12-21(26)28)19(27)11-31-15-4-5-16(23)17(24)10-15/h3-6,9-10,13H,7-8,11-12H2,1-2H3,(H,25,29)/t13-/m0/s1. The van der Waals surface area contributed by atoms with E-state index in [1.165, 1.54) is 36.3 Å². The Bertz CT molecular complexity index is 1030. The second-order valence-electron chi connectivity index (χ2n) is 6.98. The summed E-state index contributed by atoms with van der Waals surface area (Å²) in [4.78, 5) is 38.8. The number of fused-ring (bicyclic) bond motifs is 1. The highest BCUT2D eigenvalue weighted by Gasteiger charge is 2.33. The molecule has 0 fully saturated rings. The zero-order chi connectivity index (χ0) is 23.3. The third-order valence-electron chi connectivity index (χ3n) is 4.79. The van der Waals surface area contributed by atoms with Crippen LogP contribution in [-0.4, -0.2) is 57.1 Å². The van der Waals surface area contributed by atoms with Crippen LogP contribution in [0.3, 0.4) is 0 Å². The number of nitrogens with zero attached hydrogens (tertiary/aromatic N) is 1. The molecule has 1 heterocycles. The van der Waals surface area contributed by atoms with E-state index in [0.717, 1.165) is 12.1 Å². The Morgan fingerprint density at radius 1 is 1.19 bits per heavy atom. The molecule has 32 heavy (non-hydrogen) atoms. The fourth-order valence-electron chi connectivity index (χ4n) is 3.11. The van der Waals surface area contributed by atoms with Crippen molar-refractivity contribution in [3.05, 3.63) is 53.6 Å². The third-order valence-corrected chi connectivity index (χ3v) is 4.79. The normalized spacial score (nSPS) is 13.8. The number of carbonyl (C=O) groups excluding carboxylic acids is 3. The van der Waals surface area contributed by atoms with Crippen LogP contribution >= 0.6 is 0 Å². The number of hydrogen-bond donors (Lipinski definition) is 1. The van der Waals surface area contributed by atoms with Gasteiger partial charge in [-0.05, 0) is 37.3 Å². The van der Waals surface area contributed by atoms with E-state index < -0.39 is 36.0 Å². The molecule has 1 aliphatic rings. The zero-order valence-corrected chi connectivity index (χ0v) is 17.5. The Morgan fingerprint density at radius 3 is 2.69 bits per heavy atom. The van der Waals surface area contributed by atoms with Gasteiger partial charge < -0.3 is 19.5 Å². The quantitative estimate of drug-likeness (QED) is 0.467. The summed E-state index contributed by atoms with van der Waals surface area (Å²) in [5, 5.41) is 2.67. The summed E-state index contributed by atoms with van der Waals surface area (Å²) in [6.07, 6.45) is 0. The van der Waals surface area contributed by atoms with Gasteiger partial charge in [0.2, 0.25) is 5.91 Å². The van der Waals surface area contributed by atoms with Crippen molar-refractivity contribution < 1.29 is 37.4 Å². The van der Waals surface area contributed by atoms with Gasteiger partial charge in [0.15, 0.2) is 30.6 Å². The van der Waals surface area contributed by atoms with E-state index in [-0.39, 0.29) is 36.1 Å². The number of benzene rings is 2. The number of carbonyl (C=O) groups is 3. The number of Topliss-reactive ketones (excluding diaryl/α,β-unsaturated/α-hetero) is 1. The first-order valence-corrected chi connectivity index (χ1v) is 9.78. The SMILES string of the molecule is COCCNC(=O)[C@H](C)N1C(=O)COc2ccc(C(=O)COc3ccc(F)c(F)c3)cc21. The van der Waals surface area contributed by atoms with Crippen molar-refractivity contribution in [1.82, 2.24) is 5.32 Å². The molecule has 1 atom stereocenters. The molecule has 2 amide bonds. The molecule has 1 aliphatic heterocycles. The lowest BCUT2D eigenvalue weighted by Gasteiger charge is -2.33. The maximum atomic E-state index is 13.3. The molecule has 0 saturated heterocycles. The van der Waals surface area contributed by atoms with E-state index in [0.29, 0.717) is 12.4 Å². The predicted molar refractivity (Wildman–Crippen MR) is 110 cm³/mol. The lowest BCUT2D eigenvalue weighted by Crippen LogP contribution is -2.51. The average Bonchev–Trinajstić information content (AvgIpc) is 2.78. The minimum absolute atomic E-state index is 0.00306. The van der Waals surface area contributed by atoms with E-state index in [2.05, 4.69) is 5.32 Å². The van der Waals surface area contributed by atoms with Crippen LogP contribution in [0.2, 0.25) is 0 Å². The zero-order valence-electron chi connectivity index (χ0n) is 17.5. The Kier molecular flexibility index (Phi) is 7.37. The summed E-state index contributed by atoms with van der Waals surface area (Å²) in [6.45, 7) is 1.49. The molecule has 0 saturated carbocycles. The van der Waals surface area contributed by atoms with Crippen molar-refractivity contribution in [3.8, 4) is 11.5 Å². The van der Waals surface area contributed by atoms with Gasteiger partial charge in [-0.15, -0.1) is 0 Å². The Morgan fingerprint density at radius 2 is 1.97 bits per heavy atom. The summed E-state index contributed by atoms with van der Waals surface area (Å²) in [5.74, 6) is -3.06. The van der Waals surface area contributed by atoms with E-state index in [4.69, 9.17) is 14.2 Å². The van der Waals surface area contributed by atoms with Crippen molar-refractivity contribution in [2.45, 2.75) is 13.0 Å². The van der Waals surface area contributed by atoms with E-state index in [1.807, 2.05) is 0 Å². The summed E-state index contributed by atoms with van der Waals surface area (Å²) in [7, 11) is 1.51. The Labute approximate surface area is 183 Å². The summed E-state index contributed by atoms with van der Waals surface area (Å²) >= 11 is 0. The van der Waals surface area contributed by atoms with Crippen LogP contribution in [0.4, 0.5) is 14.5 Å². The fraction of sp³-hybridized carbons (Fsp3) is 0.318. The molecule has 2 aromatic rings. The number of anilines is 1. The van der Waals surface area contributed by atoms with Gasteiger partial charge in [0.25, 0.3) is 5.91 Å². The van der Waals surface area contributed by atoms with Crippen LogP contribution in [0.1, 0.15) is 17.3 Å². The summed E-state index contributed by atoms with van der Waals surface area (Å²) in [5.41, 5.74) is 0.468. The number of hydrogen-bond acceptors (Lipinski definition) is 6. The molecule has 0 unspecified atom stereocenters. The van der Waals surface area contributed by atoms with Crippen molar-refractivity contribution in [3.63, 3.8) is 0 Å². The van der Waals surface area contributed by atoms with E-state index in [9.17, 15) is 23.2 Å². The largest absolute Gasteiger partial charge is 0.485 e. The van der Waals surface area contributed by atoms with Gasteiger partial charge in [-0.1, -0.05) is 0 Å². The number of nitrogens with one attached hydrogen (secondary N) is 1. The third kappa shape index (κ3) is 5.20. The maximum Gasteiger partial charge on any atom is 0.265 e. The topological polar surface area (TPSA) is 94.2 Å². The molecule has 8 nitrogen and oxygen atoms in total. The summed E-state index contributed by atoms with van der Waals surface area (Å²) < 4.78 is 41.9. The van der Waals surface area contributed by atoms with E-state index >= 15 is 0 Å². The van der Waals surface area contributed by atoms with Crippen LogP contribution < -0.4 is 19.7 Å². The Balaban J connectivity index is 1.76. The van der Waals surface area contributed by atoms with E-state index in [1.54, 1.807) is 6.92 Å². The second kappa shape index (κ2) is 10.2. The van der Waals surface area contributed by atoms with Crippen molar-refractivity contribution >= 4 is 23.3 Å². The first-order valence-electron chi connectivity index (χ1n) is 9.78.